The largest absolute Gasteiger partial charge is 0.311 e. The number of nitrogens with zero attached hydrogens (tertiary/aromatic N) is 6. The van der Waals surface area contributed by atoms with Crippen LogP contribution in [-0.2, 0) is 21.7 Å². The molecule has 9 heterocycles. The summed E-state index contributed by atoms with van der Waals surface area (Å²) in [4.78, 5) is 15.8. The quantitative estimate of drug-likeness (QED) is 0.140. The predicted octanol–water partition coefficient (Wildman–Crippen LogP) is 30.4. The highest BCUT2D eigenvalue weighted by molar-refractivity contribution is 7.02. The molecule has 36 rings (SSSR count). The zero-order valence-electron chi connectivity index (χ0n) is 88.8. The molecule has 0 atom stereocenters. The first-order valence-electron chi connectivity index (χ1n) is 57.7. The fourth-order valence-electron chi connectivity index (χ4n) is 36.7. The van der Waals surface area contributed by atoms with Gasteiger partial charge in [-0.3, -0.25) is 0 Å². The van der Waals surface area contributed by atoms with Crippen LogP contribution >= 0.6 is 0 Å². The SMILES string of the molecule is CC(C)c1ccc(N2c3cc(C(C)C)ccc3B3c4cccc5c4N(c4ccccc4C54C5CC6CC(C5)CC4C6)c4cccc2c43)cc1.CC(C)c1ccc(N2c3ccc(C(C)(C)C)cc3B3c4cccc5c4N(c4ccccc4C54C5CC6CC(C5)CC4C6)c4cccc2c43)cc1.CC(C)c1ccc(N2c3ccc(C(C)C)cc3B3c4cccc5c4N(c4ccccc4C54C5CC6CC(C5)CC4C6)c4cccc2c43)cc1. The highest BCUT2D eigenvalue weighted by Crippen LogP contribution is 2.75. The van der Waals surface area contributed by atoms with Crippen molar-refractivity contribution in [3.8, 4) is 0 Å². The van der Waals surface area contributed by atoms with Crippen molar-refractivity contribution in [3.63, 3.8) is 0 Å². The molecule has 15 aromatic rings. The normalized spacial score (nSPS) is 26.3. The van der Waals surface area contributed by atoms with Crippen LogP contribution in [0.25, 0.3) is 0 Å². The number of para-hydroxylation sites is 6. The van der Waals surface area contributed by atoms with Crippen LogP contribution < -0.4 is 78.6 Å². The van der Waals surface area contributed by atoms with Crippen LogP contribution in [0.5, 0.6) is 0 Å². The third-order valence-electron chi connectivity index (χ3n) is 42.1. The average molecular weight is 1920 g/mol. The molecular weight excluding hydrogens is 1790 g/mol. The molecule has 0 unspecified atom stereocenters. The van der Waals surface area contributed by atoms with E-state index < -0.39 is 0 Å². The molecule has 0 aromatic heterocycles. The van der Waals surface area contributed by atoms with Crippen molar-refractivity contribution in [1.29, 1.82) is 0 Å². The topological polar surface area (TPSA) is 19.4 Å². The molecule has 21 aliphatic rings. The molecular formula is C139H137B3N6. The lowest BCUT2D eigenvalue weighted by Gasteiger charge is -2.64. The number of hydrogen-bond donors (Lipinski definition) is 0. The highest BCUT2D eigenvalue weighted by Gasteiger charge is 2.68. The van der Waals surface area contributed by atoms with Gasteiger partial charge in [0.15, 0.2) is 0 Å². The molecule has 9 aliphatic heterocycles. The van der Waals surface area contributed by atoms with Gasteiger partial charge in [-0.05, 0) is 427 Å². The molecule has 148 heavy (non-hydrogen) atoms. The van der Waals surface area contributed by atoms with Crippen LogP contribution in [0.1, 0.15) is 283 Å². The molecule has 12 aliphatic carbocycles. The van der Waals surface area contributed by atoms with E-state index in [4.69, 9.17) is 0 Å². The standard InChI is InChI=1S/C47H47BN2.2C46H45BN2/c1-28(2)31-16-19-35(20-17-31)49-41-21-18-32(46(3,4)5)27-39(41)48-38-12-8-11-37-45(38)50(43-15-9-14-42(49)44(43)48)40-13-7-6-10-36(40)47(37)33-23-29-22-30(25-33)26-34(47)24-29;1-27(2)31-15-18-35(19-16-31)48-41-13-8-14-42-44(41)47(38-20-17-32(28(3)4)26-43(38)48)39-11-7-10-37-45(39)49(42)40-12-6-5-9-36(40)46(37)33-22-29-21-30(24-33)25-34(46)23-29;1-27(2)31-15-18-35(19-16-31)48-41-20-17-32(28(3)4)26-39(41)47-38-11-7-10-37-45(38)49(43-14-8-13-42(48)44(43)47)40-12-6-5-9-36(40)46(37)33-22-29-21-30(24-33)25-34(46)23-29/h6-21,27-30,33-34H,22-26H2,1-5H3;2*5-20,26-30,33-34H,21-25H2,1-4H3. The zero-order valence-corrected chi connectivity index (χ0v) is 88.8. The first kappa shape index (κ1) is 89.3. The van der Waals surface area contributed by atoms with E-state index in [2.05, 4.69) is 429 Å². The molecule has 12 bridgehead atoms. The van der Waals surface area contributed by atoms with Gasteiger partial charge in [0.2, 0.25) is 0 Å². The fraction of sp³-hybridized carbons (Fsp3) is 0.353. The fourth-order valence-corrected chi connectivity index (χ4v) is 36.7. The molecule has 0 N–H and O–H groups in total. The van der Waals surface area contributed by atoms with Crippen molar-refractivity contribution in [2.45, 2.75) is 238 Å². The van der Waals surface area contributed by atoms with Gasteiger partial charge < -0.3 is 29.4 Å². The summed E-state index contributed by atoms with van der Waals surface area (Å²) < 4.78 is 0. The first-order valence-corrected chi connectivity index (χ1v) is 57.7. The Bertz CT molecular complexity index is 7980. The molecule has 15 aromatic carbocycles. The first-order chi connectivity index (χ1) is 72.1. The maximum Gasteiger partial charge on any atom is 0.252 e. The van der Waals surface area contributed by atoms with E-state index in [0.29, 0.717) is 29.6 Å². The monoisotopic (exact) mass is 1920 g/mol. The summed E-state index contributed by atoms with van der Waals surface area (Å²) in [5, 5.41) is 0. The molecule has 12 fully saturated rings. The summed E-state index contributed by atoms with van der Waals surface area (Å²) in [5.74, 6) is 12.4. The second-order valence-corrected chi connectivity index (χ2v) is 52.0. The summed E-state index contributed by atoms with van der Waals surface area (Å²) in [6.07, 6.45) is 21.3. The Morgan fingerprint density at radius 3 is 0.791 bits per heavy atom. The Morgan fingerprint density at radius 1 is 0.209 bits per heavy atom. The van der Waals surface area contributed by atoms with Gasteiger partial charge in [0.25, 0.3) is 20.1 Å². The molecule has 0 amide bonds. The van der Waals surface area contributed by atoms with Crippen LogP contribution in [0.3, 0.4) is 0 Å². The Kier molecular flexibility index (Phi) is 19.4. The third-order valence-corrected chi connectivity index (χ3v) is 42.1. The van der Waals surface area contributed by atoms with Gasteiger partial charge in [-0.15, -0.1) is 0 Å². The molecule has 12 saturated carbocycles. The van der Waals surface area contributed by atoms with E-state index in [0.717, 1.165) is 71.0 Å². The minimum Gasteiger partial charge on any atom is -0.311 e. The van der Waals surface area contributed by atoms with Crippen LogP contribution in [0.2, 0.25) is 0 Å². The summed E-state index contributed by atoms with van der Waals surface area (Å²) in [6.45, 7) is 30.7. The van der Waals surface area contributed by atoms with Crippen LogP contribution in [0.4, 0.5) is 102 Å². The van der Waals surface area contributed by atoms with Crippen molar-refractivity contribution in [1.82, 2.24) is 0 Å². The lowest BCUT2D eigenvalue weighted by Crippen LogP contribution is -2.64. The molecule has 9 heteroatoms. The lowest BCUT2D eigenvalue weighted by molar-refractivity contribution is -0.0419. The van der Waals surface area contributed by atoms with Gasteiger partial charge in [-0.2, -0.15) is 0 Å². The highest BCUT2D eigenvalue weighted by atomic mass is 15.2. The second kappa shape index (κ2) is 32.2. The minimum absolute atomic E-state index is 0.0543. The Balaban J connectivity index is 0.000000100. The van der Waals surface area contributed by atoms with E-state index in [1.165, 1.54) is 281 Å². The number of benzene rings is 15. The van der Waals surface area contributed by atoms with Crippen molar-refractivity contribution in [3.05, 3.63) is 376 Å². The summed E-state index contributed by atoms with van der Waals surface area (Å²) in [6, 6.07) is 123. The van der Waals surface area contributed by atoms with E-state index in [-0.39, 0.29) is 41.8 Å². The summed E-state index contributed by atoms with van der Waals surface area (Å²) in [7, 11) is 0. The van der Waals surface area contributed by atoms with E-state index in [1.807, 2.05) is 0 Å². The Hall–Kier alpha value is -12.7. The zero-order chi connectivity index (χ0) is 99.2. The van der Waals surface area contributed by atoms with Gasteiger partial charge in [0.05, 0.1) is 17.1 Å². The number of anilines is 18. The van der Waals surface area contributed by atoms with Crippen molar-refractivity contribution < 1.29 is 0 Å². The molecule has 6 nitrogen and oxygen atoms in total. The van der Waals surface area contributed by atoms with Gasteiger partial charge in [0.1, 0.15) is 0 Å². The number of hydrogen-bond acceptors (Lipinski definition) is 6. The molecule has 0 saturated heterocycles. The van der Waals surface area contributed by atoms with Crippen molar-refractivity contribution >= 4 is 172 Å². The maximum atomic E-state index is 2.71. The smallest absolute Gasteiger partial charge is 0.252 e. The third kappa shape index (κ3) is 12.1. The van der Waals surface area contributed by atoms with E-state index >= 15 is 0 Å². The second-order valence-electron chi connectivity index (χ2n) is 52.0. The van der Waals surface area contributed by atoms with Gasteiger partial charge >= 0.3 is 0 Å². The molecule has 3 spiro atoms. The minimum atomic E-state index is 0.0543. The Labute approximate surface area is 879 Å². The van der Waals surface area contributed by atoms with E-state index in [9.17, 15) is 0 Å². The van der Waals surface area contributed by atoms with Gasteiger partial charge in [0, 0.05) is 102 Å². The maximum absolute atomic E-state index is 2.71. The summed E-state index contributed by atoms with van der Waals surface area (Å²) in [5.41, 5.74) is 56.1. The number of rotatable bonds is 8. The van der Waals surface area contributed by atoms with E-state index in [1.54, 1.807) is 33.4 Å². The summed E-state index contributed by atoms with van der Waals surface area (Å²) >= 11 is 0. The van der Waals surface area contributed by atoms with Crippen LogP contribution in [0.15, 0.2) is 309 Å². The van der Waals surface area contributed by atoms with Gasteiger partial charge in [-0.25, -0.2) is 0 Å². The predicted molar refractivity (Wildman–Crippen MR) is 624 cm³/mol. The van der Waals surface area contributed by atoms with Gasteiger partial charge in [-0.1, -0.05) is 290 Å². The van der Waals surface area contributed by atoms with Crippen molar-refractivity contribution in [2.75, 3.05) is 29.4 Å². The Morgan fingerprint density at radius 2 is 0.466 bits per heavy atom. The van der Waals surface area contributed by atoms with Crippen molar-refractivity contribution in [2.24, 2.45) is 71.0 Å². The molecule has 0 radical (unpaired) electrons. The van der Waals surface area contributed by atoms with Crippen LogP contribution in [-0.4, -0.2) is 20.1 Å². The lowest BCUT2D eigenvalue weighted by atomic mass is 9.32. The average Bonchev–Trinajstić information content (AvgIpc) is 0.667. The number of fused-ring (bicyclic) bond motifs is 18. The molecule has 732 valence electrons. The van der Waals surface area contributed by atoms with Crippen LogP contribution in [0, 0.1) is 71.0 Å².